The minimum Gasteiger partial charge on any atom is -0.368 e. The Morgan fingerprint density at radius 1 is 1.14 bits per heavy atom. The maximum atomic E-state index is 13.2. The first-order chi connectivity index (χ1) is 13.8. The number of benzene rings is 2. The Bertz CT molecular complexity index is 865. The van der Waals surface area contributed by atoms with Gasteiger partial charge in [-0.2, -0.15) is 13.2 Å². The Labute approximate surface area is 166 Å². The molecule has 2 aromatic carbocycles. The molecule has 8 heteroatoms. The number of alkyl halides is 3. The zero-order valence-electron chi connectivity index (χ0n) is 15.7. The van der Waals surface area contributed by atoms with Crippen LogP contribution in [0, 0.1) is 0 Å². The van der Waals surface area contributed by atoms with Crippen molar-refractivity contribution in [3.8, 4) is 0 Å². The van der Waals surface area contributed by atoms with Gasteiger partial charge in [-0.05, 0) is 42.6 Å². The molecular formula is C21H22F3N3O2. The number of hydrogen-bond acceptors (Lipinski definition) is 3. The van der Waals surface area contributed by atoms with Crippen LogP contribution in [0.3, 0.4) is 0 Å². The fourth-order valence-corrected chi connectivity index (χ4v) is 3.57. The van der Waals surface area contributed by atoms with Crippen molar-refractivity contribution >= 4 is 11.8 Å². The number of hydrogen-bond donors (Lipinski definition) is 2. The van der Waals surface area contributed by atoms with Crippen molar-refractivity contribution in [2.75, 3.05) is 6.54 Å². The van der Waals surface area contributed by atoms with Gasteiger partial charge in [-0.25, -0.2) is 0 Å². The molecule has 0 saturated carbocycles. The highest BCUT2D eigenvalue weighted by Crippen LogP contribution is 2.31. The zero-order chi connectivity index (χ0) is 21.0. The molecule has 0 bridgehead atoms. The second-order valence-corrected chi connectivity index (χ2v) is 7.03. The van der Waals surface area contributed by atoms with Crippen LogP contribution in [0.4, 0.5) is 13.2 Å². The van der Waals surface area contributed by atoms with Crippen molar-refractivity contribution in [3.05, 3.63) is 71.3 Å². The smallest absolute Gasteiger partial charge is 0.368 e. The van der Waals surface area contributed by atoms with E-state index in [0.717, 1.165) is 18.6 Å². The van der Waals surface area contributed by atoms with E-state index in [2.05, 4.69) is 5.32 Å². The van der Waals surface area contributed by atoms with Crippen molar-refractivity contribution in [1.29, 1.82) is 0 Å². The molecule has 0 unspecified atom stereocenters. The summed E-state index contributed by atoms with van der Waals surface area (Å²) in [5, 5.41) is 3.08. The van der Waals surface area contributed by atoms with Crippen LogP contribution in [0.15, 0.2) is 54.6 Å². The van der Waals surface area contributed by atoms with E-state index in [-0.39, 0.29) is 18.0 Å². The lowest BCUT2D eigenvalue weighted by molar-refractivity contribution is -0.142. The molecule has 1 saturated heterocycles. The van der Waals surface area contributed by atoms with Gasteiger partial charge in [0.05, 0.1) is 11.6 Å². The standard InChI is InChI=1S/C21H22F3N3O2/c22-21(23,24)16-9-4-6-14(12-16)13-27(20(29)17-10-5-11-26-17)18(19(25)28)15-7-2-1-3-8-15/h1-4,6-9,12,17-18,26H,5,10-11,13H2,(H2,25,28)/t17-,18+/m0/s1. The van der Waals surface area contributed by atoms with Crippen LogP contribution >= 0.6 is 0 Å². The van der Waals surface area contributed by atoms with Crippen LogP contribution in [0.5, 0.6) is 0 Å². The fraction of sp³-hybridized carbons (Fsp3) is 0.333. The van der Waals surface area contributed by atoms with Crippen molar-refractivity contribution < 1.29 is 22.8 Å². The number of nitrogens with zero attached hydrogens (tertiary/aromatic N) is 1. The molecule has 1 heterocycles. The van der Waals surface area contributed by atoms with Crippen LogP contribution < -0.4 is 11.1 Å². The SMILES string of the molecule is NC(=O)[C@@H](c1ccccc1)N(Cc1cccc(C(F)(F)F)c1)C(=O)[C@@H]1CCCN1. The van der Waals surface area contributed by atoms with Crippen molar-refractivity contribution in [1.82, 2.24) is 10.2 Å². The largest absolute Gasteiger partial charge is 0.416 e. The first-order valence-corrected chi connectivity index (χ1v) is 9.31. The van der Waals surface area contributed by atoms with Gasteiger partial charge in [-0.15, -0.1) is 0 Å². The molecule has 3 N–H and O–H groups in total. The van der Waals surface area contributed by atoms with E-state index >= 15 is 0 Å². The average Bonchev–Trinajstić information content (AvgIpc) is 3.22. The lowest BCUT2D eigenvalue weighted by atomic mass is 10.0. The lowest BCUT2D eigenvalue weighted by Crippen LogP contribution is -2.48. The van der Waals surface area contributed by atoms with Gasteiger partial charge < -0.3 is 16.0 Å². The molecule has 2 atom stereocenters. The van der Waals surface area contributed by atoms with Crippen molar-refractivity contribution in [2.45, 2.75) is 37.6 Å². The molecule has 1 aliphatic heterocycles. The van der Waals surface area contributed by atoms with Gasteiger partial charge >= 0.3 is 6.18 Å². The van der Waals surface area contributed by atoms with Crippen LogP contribution in [0.25, 0.3) is 0 Å². The number of halogens is 3. The summed E-state index contributed by atoms with van der Waals surface area (Å²) in [6.07, 6.45) is -3.10. The van der Waals surface area contributed by atoms with Gasteiger partial charge in [0.15, 0.2) is 0 Å². The maximum Gasteiger partial charge on any atom is 0.416 e. The van der Waals surface area contributed by atoms with E-state index in [1.165, 1.54) is 17.0 Å². The molecular weight excluding hydrogens is 383 g/mol. The highest BCUT2D eigenvalue weighted by Gasteiger charge is 2.36. The molecule has 154 valence electrons. The molecule has 3 rings (SSSR count). The van der Waals surface area contributed by atoms with Gasteiger partial charge in [0, 0.05) is 6.54 Å². The van der Waals surface area contributed by atoms with Gasteiger partial charge in [0.2, 0.25) is 11.8 Å². The van der Waals surface area contributed by atoms with Gasteiger partial charge in [0.25, 0.3) is 0 Å². The third-order valence-electron chi connectivity index (χ3n) is 4.95. The Morgan fingerprint density at radius 2 is 1.86 bits per heavy atom. The summed E-state index contributed by atoms with van der Waals surface area (Å²) in [5.74, 6) is -1.10. The normalized spacial score (nSPS) is 17.7. The highest BCUT2D eigenvalue weighted by molar-refractivity contribution is 5.90. The summed E-state index contributed by atoms with van der Waals surface area (Å²) in [7, 11) is 0. The number of rotatable bonds is 6. The minimum atomic E-state index is -4.50. The number of primary amides is 1. The Kier molecular flexibility index (Phi) is 6.22. The monoisotopic (exact) mass is 405 g/mol. The summed E-state index contributed by atoms with van der Waals surface area (Å²) < 4.78 is 39.3. The van der Waals surface area contributed by atoms with Crippen LogP contribution in [-0.4, -0.2) is 29.3 Å². The topological polar surface area (TPSA) is 75.4 Å². The van der Waals surface area contributed by atoms with Crippen LogP contribution in [0.2, 0.25) is 0 Å². The lowest BCUT2D eigenvalue weighted by Gasteiger charge is -2.32. The van der Waals surface area contributed by atoms with Gasteiger partial charge in [-0.1, -0.05) is 42.5 Å². The van der Waals surface area contributed by atoms with E-state index in [4.69, 9.17) is 5.73 Å². The molecule has 5 nitrogen and oxygen atoms in total. The average molecular weight is 405 g/mol. The molecule has 1 fully saturated rings. The Morgan fingerprint density at radius 3 is 2.45 bits per heavy atom. The molecule has 2 amide bonds. The molecule has 0 aliphatic carbocycles. The van der Waals surface area contributed by atoms with Crippen molar-refractivity contribution in [2.24, 2.45) is 5.73 Å². The van der Waals surface area contributed by atoms with Gasteiger partial charge in [0.1, 0.15) is 6.04 Å². The predicted octanol–water partition coefficient (Wildman–Crippen LogP) is 3.01. The molecule has 0 aromatic heterocycles. The second kappa shape index (κ2) is 8.65. The summed E-state index contributed by atoms with van der Waals surface area (Å²) in [5.41, 5.74) is 5.60. The number of carbonyl (C=O) groups is 2. The quantitative estimate of drug-likeness (QED) is 0.776. The summed E-state index contributed by atoms with van der Waals surface area (Å²) in [6, 6.07) is 11.7. The van der Waals surface area contributed by atoms with E-state index in [0.29, 0.717) is 18.5 Å². The van der Waals surface area contributed by atoms with E-state index < -0.39 is 29.7 Å². The first kappa shape index (κ1) is 20.9. The molecule has 0 spiro atoms. The van der Waals surface area contributed by atoms with Crippen LogP contribution in [0.1, 0.15) is 35.6 Å². The number of carbonyl (C=O) groups excluding carboxylic acids is 2. The summed E-state index contributed by atoms with van der Waals surface area (Å²) in [6.45, 7) is 0.504. The van der Waals surface area contributed by atoms with Crippen molar-refractivity contribution in [3.63, 3.8) is 0 Å². The van der Waals surface area contributed by atoms with E-state index in [9.17, 15) is 22.8 Å². The molecule has 2 aromatic rings. The van der Waals surface area contributed by atoms with E-state index in [1.54, 1.807) is 30.3 Å². The predicted molar refractivity (Wildman–Crippen MR) is 101 cm³/mol. The number of amides is 2. The molecule has 0 radical (unpaired) electrons. The number of nitrogens with one attached hydrogen (secondary N) is 1. The van der Waals surface area contributed by atoms with E-state index in [1.807, 2.05) is 0 Å². The third-order valence-corrected chi connectivity index (χ3v) is 4.95. The maximum absolute atomic E-state index is 13.2. The van der Waals surface area contributed by atoms with Crippen LogP contribution in [-0.2, 0) is 22.3 Å². The number of nitrogens with two attached hydrogens (primary N) is 1. The Balaban J connectivity index is 1.99. The highest BCUT2D eigenvalue weighted by atomic mass is 19.4. The minimum absolute atomic E-state index is 0.163. The third kappa shape index (κ3) is 4.95. The first-order valence-electron chi connectivity index (χ1n) is 9.31. The second-order valence-electron chi connectivity index (χ2n) is 7.03. The molecule has 1 aliphatic rings. The summed E-state index contributed by atoms with van der Waals surface area (Å²) >= 11 is 0. The summed E-state index contributed by atoms with van der Waals surface area (Å²) in [4.78, 5) is 26.8. The van der Waals surface area contributed by atoms with Gasteiger partial charge in [-0.3, -0.25) is 9.59 Å². The molecule has 29 heavy (non-hydrogen) atoms. The Hall–Kier alpha value is -2.87. The zero-order valence-corrected chi connectivity index (χ0v) is 15.7. The fourth-order valence-electron chi connectivity index (χ4n) is 3.57.